The number of thiophene rings is 1. The Balaban J connectivity index is 0.00000225. The molecule has 2 fully saturated rings. The molecular weight excluding hydrogens is 382 g/mol. The van der Waals surface area contributed by atoms with E-state index < -0.39 is 16.1 Å². The Labute approximate surface area is 159 Å². The van der Waals surface area contributed by atoms with Crippen molar-refractivity contribution in [1.29, 1.82) is 0 Å². The zero-order chi connectivity index (χ0) is 17.4. The molecule has 142 valence electrons. The van der Waals surface area contributed by atoms with Gasteiger partial charge < -0.3 is 10.2 Å². The first-order valence-electron chi connectivity index (χ1n) is 8.30. The number of nitrogens with one attached hydrogen (secondary N) is 2. The monoisotopic (exact) mass is 407 g/mol. The van der Waals surface area contributed by atoms with Gasteiger partial charge in [-0.3, -0.25) is 4.79 Å². The minimum absolute atomic E-state index is 0. The van der Waals surface area contributed by atoms with E-state index in [9.17, 15) is 13.2 Å². The minimum Gasteiger partial charge on any atom is -0.333 e. The van der Waals surface area contributed by atoms with Crippen molar-refractivity contribution >= 4 is 39.7 Å². The van der Waals surface area contributed by atoms with Gasteiger partial charge >= 0.3 is 0 Å². The average molecular weight is 408 g/mol. The number of sulfonamides is 1. The molecule has 1 saturated carbocycles. The first kappa shape index (κ1) is 20.6. The molecule has 1 aliphatic heterocycles. The first-order chi connectivity index (χ1) is 11.3. The van der Waals surface area contributed by atoms with Gasteiger partial charge in [0.05, 0.1) is 12.3 Å². The van der Waals surface area contributed by atoms with Gasteiger partial charge in [0.2, 0.25) is 15.9 Å². The molecule has 9 heteroatoms. The van der Waals surface area contributed by atoms with Crippen LogP contribution in [0, 0.1) is 5.41 Å². The molecular formula is C16H26ClN3O3S2. The van der Waals surface area contributed by atoms with Gasteiger partial charge in [-0.15, -0.1) is 12.4 Å². The summed E-state index contributed by atoms with van der Waals surface area (Å²) in [7, 11) is -3.41. The van der Waals surface area contributed by atoms with Gasteiger partial charge in [0.1, 0.15) is 0 Å². The van der Waals surface area contributed by atoms with Gasteiger partial charge in [-0.25, -0.2) is 13.1 Å². The summed E-state index contributed by atoms with van der Waals surface area (Å²) >= 11 is 1.61. The van der Waals surface area contributed by atoms with Gasteiger partial charge in [-0.05, 0) is 67.1 Å². The van der Waals surface area contributed by atoms with Gasteiger partial charge in [-0.1, -0.05) is 0 Å². The van der Waals surface area contributed by atoms with Crippen molar-refractivity contribution in [2.75, 3.05) is 19.3 Å². The predicted octanol–water partition coefficient (Wildman–Crippen LogP) is 1.58. The number of carbonyl (C=O) groups is 1. The molecule has 2 N–H and O–H groups in total. The van der Waals surface area contributed by atoms with Crippen molar-refractivity contribution in [3.05, 3.63) is 22.4 Å². The second-order valence-corrected chi connectivity index (χ2v) is 9.60. The third-order valence-electron chi connectivity index (χ3n) is 5.10. The third-order valence-corrected chi connectivity index (χ3v) is 6.61. The molecule has 0 bridgehead atoms. The smallest absolute Gasteiger partial charge is 0.241 e. The number of nitrogens with zero attached hydrogens (tertiary/aromatic N) is 1. The molecule has 0 radical (unpaired) electrons. The lowest BCUT2D eigenvalue weighted by Gasteiger charge is -2.31. The van der Waals surface area contributed by atoms with Crippen LogP contribution in [-0.2, 0) is 21.4 Å². The summed E-state index contributed by atoms with van der Waals surface area (Å²) in [4.78, 5) is 14.8. The maximum Gasteiger partial charge on any atom is 0.241 e. The lowest BCUT2D eigenvalue weighted by molar-refractivity contribution is -0.134. The Morgan fingerprint density at radius 2 is 2.16 bits per heavy atom. The Morgan fingerprint density at radius 3 is 2.72 bits per heavy atom. The van der Waals surface area contributed by atoms with Crippen molar-refractivity contribution in [3.8, 4) is 0 Å². The molecule has 1 spiro atoms. The second-order valence-electron chi connectivity index (χ2n) is 7.04. The molecule has 0 aromatic carbocycles. The number of rotatable bonds is 6. The summed E-state index contributed by atoms with van der Waals surface area (Å²) in [5.74, 6) is -0.132. The molecule has 1 aromatic heterocycles. The van der Waals surface area contributed by atoms with E-state index in [0.717, 1.165) is 44.2 Å². The molecule has 1 aliphatic carbocycles. The average Bonchev–Trinajstić information content (AvgIpc) is 2.96. The Kier molecular flexibility index (Phi) is 6.54. The summed E-state index contributed by atoms with van der Waals surface area (Å²) in [6.45, 7) is 4.17. The highest BCUT2D eigenvalue weighted by molar-refractivity contribution is 7.88. The normalized spacial score (nSPS) is 22.9. The Morgan fingerprint density at radius 1 is 1.48 bits per heavy atom. The van der Waals surface area contributed by atoms with Crippen LogP contribution in [0.3, 0.4) is 0 Å². The van der Waals surface area contributed by atoms with Crippen LogP contribution in [0.25, 0.3) is 0 Å². The van der Waals surface area contributed by atoms with Crippen LogP contribution in [0.1, 0.15) is 31.7 Å². The number of hydrogen-bond acceptors (Lipinski definition) is 5. The third kappa shape index (κ3) is 4.95. The summed E-state index contributed by atoms with van der Waals surface area (Å²) in [6, 6.07) is 1.51. The van der Waals surface area contributed by atoms with Crippen molar-refractivity contribution in [2.45, 2.75) is 44.8 Å². The summed E-state index contributed by atoms with van der Waals surface area (Å²) in [5, 5.41) is 7.43. The molecule has 3 rings (SSSR count). The predicted molar refractivity (Wildman–Crippen MR) is 103 cm³/mol. The van der Waals surface area contributed by atoms with E-state index >= 15 is 0 Å². The highest BCUT2D eigenvalue weighted by Crippen LogP contribution is 2.56. The van der Waals surface area contributed by atoms with Crippen LogP contribution in [0.2, 0.25) is 0 Å². The minimum atomic E-state index is -3.41. The van der Waals surface area contributed by atoms with E-state index in [2.05, 4.69) is 10.0 Å². The molecule has 2 aliphatic rings. The van der Waals surface area contributed by atoms with Crippen molar-refractivity contribution < 1.29 is 13.2 Å². The fourth-order valence-electron chi connectivity index (χ4n) is 3.77. The zero-order valence-electron chi connectivity index (χ0n) is 14.5. The molecule has 6 nitrogen and oxygen atoms in total. The highest BCUT2D eigenvalue weighted by atomic mass is 35.5. The van der Waals surface area contributed by atoms with Crippen molar-refractivity contribution in [1.82, 2.24) is 14.9 Å². The van der Waals surface area contributed by atoms with Crippen LogP contribution >= 0.6 is 23.7 Å². The van der Waals surface area contributed by atoms with Crippen LogP contribution < -0.4 is 10.0 Å². The number of halogens is 1. The van der Waals surface area contributed by atoms with Gasteiger partial charge in [0.15, 0.2) is 0 Å². The van der Waals surface area contributed by atoms with E-state index in [4.69, 9.17) is 0 Å². The van der Waals surface area contributed by atoms with Crippen LogP contribution in [0.15, 0.2) is 16.8 Å². The quantitative estimate of drug-likeness (QED) is 0.750. The van der Waals surface area contributed by atoms with E-state index in [1.807, 2.05) is 21.7 Å². The maximum absolute atomic E-state index is 12.9. The summed E-state index contributed by atoms with van der Waals surface area (Å²) in [6.07, 6.45) is 4.28. The van der Waals surface area contributed by atoms with Crippen LogP contribution in [-0.4, -0.2) is 50.7 Å². The second kappa shape index (κ2) is 7.92. The molecule has 1 aromatic rings. The Bertz CT molecular complexity index is 687. The van der Waals surface area contributed by atoms with Gasteiger partial charge in [-0.2, -0.15) is 11.3 Å². The van der Waals surface area contributed by atoms with Crippen LogP contribution in [0.4, 0.5) is 0 Å². The fourth-order valence-corrected chi connectivity index (χ4v) is 5.17. The van der Waals surface area contributed by atoms with E-state index in [1.165, 1.54) is 0 Å². The SMILES string of the molecule is CC(NS(C)(=O)=O)C(=O)N(Cc1ccsc1)C1CC12CCNCC2.Cl. The van der Waals surface area contributed by atoms with Crippen LogP contribution in [0.5, 0.6) is 0 Å². The van der Waals surface area contributed by atoms with Gasteiger partial charge in [0.25, 0.3) is 0 Å². The lowest BCUT2D eigenvalue weighted by atomic mass is 9.93. The summed E-state index contributed by atoms with van der Waals surface area (Å²) in [5.41, 5.74) is 1.33. The van der Waals surface area contributed by atoms with E-state index in [0.29, 0.717) is 6.54 Å². The first-order valence-corrected chi connectivity index (χ1v) is 11.1. The van der Waals surface area contributed by atoms with Crippen molar-refractivity contribution in [3.63, 3.8) is 0 Å². The highest BCUT2D eigenvalue weighted by Gasteiger charge is 2.58. The molecule has 1 saturated heterocycles. The van der Waals surface area contributed by atoms with E-state index in [1.54, 1.807) is 18.3 Å². The fraction of sp³-hybridized carbons (Fsp3) is 0.688. The standard InChI is InChI=1S/C16H25N3O3S2.ClH/c1-12(18-24(2,21)22)15(20)19(10-13-3-8-23-11-13)14-9-16(14)4-6-17-7-5-16;/h3,8,11-12,14,17-18H,4-7,9-10H2,1-2H3;1H. The zero-order valence-corrected chi connectivity index (χ0v) is 17.0. The number of amides is 1. The molecule has 1 amide bonds. The maximum atomic E-state index is 12.9. The number of carbonyl (C=O) groups excluding carboxylic acids is 1. The lowest BCUT2D eigenvalue weighted by Crippen LogP contribution is -2.48. The number of hydrogen-bond donors (Lipinski definition) is 2. The van der Waals surface area contributed by atoms with Crippen molar-refractivity contribution in [2.24, 2.45) is 5.41 Å². The molecule has 2 heterocycles. The summed E-state index contributed by atoms with van der Waals surface area (Å²) < 4.78 is 25.4. The number of piperidine rings is 1. The molecule has 2 atom stereocenters. The molecule has 2 unspecified atom stereocenters. The van der Waals surface area contributed by atoms with E-state index in [-0.39, 0.29) is 29.8 Å². The Hall–Kier alpha value is -0.670. The largest absolute Gasteiger partial charge is 0.333 e. The topological polar surface area (TPSA) is 78.5 Å². The molecule has 25 heavy (non-hydrogen) atoms. The van der Waals surface area contributed by atoms with Gasteiger partial charge in [0, 0.05) is 12.6 Å².